The summed E-state index contributed by atoms with van der Waals surface area (Å²) in [4.78, 5) is 15.3. The van der Waals surface area contributed by atoms with E-state index in [9.17, 15) is 4.79 Å². The van der Waals surface area contributed by atoms with E-state index in [1.807, 2.05) is 35.8 Å². The van der Waals surface area contributed by atoms with E-state index in [1.54, 1.807) is 24.5 Å². The molecule has 0 spiro atoms. The molecule has 0 aliphatic carbocycles. The Labute approximate surface area is 121 Å². The average molecular weight is 282 g/mol. The van der Waals surface area contributed by atoms with Crippen LogP contribution in [0.15, 0.2) is 48.8 Å². The molecule has 21 heavy (non-hydrogen) atoms. The SMILES string of the molecule is CCOc1cccc(-n2cnc3cc(C(=O)O)ccc32)c1. The van der Waals surface area contributed by atoms with E-state index in [-0.39, 0.29) is 5.56 Å². The Morgan fingerprint density at radius 1 is 1.29 bits per heavy atom. The highest BCUT2D eigenvalue weighted by molar-refractivity contribution is 5.92. The monoisotopic (exact) mass is 282 g/mol. The highest BCUT2D eigenvalue weighted by Crippen LogP contribution is 2.22. The third kappa shape index (κ3) is 2.45. The van der Waals surface area contributed by atoms with Crippen molar-refractivity contribution < 1.29 is 14.6 Å². The van der Waals surface area contributed by atoms with Gasteiger partial charge in [0, 0.05) is 6.07 Å². The molecule has 3 rings (SSSR count). The Balaban J connectivity index is 2.08. The first-order valence-electron chi connectivity index (χ1n) is 6.62. The predicted octanol–water partition coefficient (Wildman–Crippen LogP) is 3.12. The Hall–Kier alpha value is -2.82. The molecule has 0 bridgehead atoms. The molecular weight excluding hydrogens is 268 g/mol. The number of hydrogen-bond acceptors (Lipinski definition) is 3. The van der Waals surface area contributed by atoms with E-state index < -0.39 is 5.97 Å². The summed E-state index contributed by atoms with van der Waals surface area (Å²) >= 11 is 0. The Bertz CT molecular complexity index is 808. The number of fused-ring (bicyclic) bond motifs is 1. The lowest BCUT2D eigenvalue weighted by molar-refractivity contribution is 0.0697. The molecule has 0 atom stereocenters. The van der Waals surface area contributed by atoms with E-state index in [0.29, 0.717) is 12.1 Å². The third-order valence-corrected chi connectivity index (χ3v) is 3.20. The predicted molar refractivity (Wildman–Crippen MR) is 79.2 cm³/mol. The van der Waals surface area contributed by atoms with Crippen molar-refractivity contribution in [3.05, 3.63) is 54.4 Å². The zero-order chi connectivity index (χ0) is 14.8. The van der Waals surface area contributed by atoms with Crippen molar-refractivity contribution >= 4 is 17.0 Å². The van der Waals surface area contributed by atoms with Crippen molar-refractivity contribution in [2.75, 3.05) is 6.61 Å². The molecule has 1 aromatic heterocycles. The lowest BCUT2D eigenvalue weighted by atomic mass is 10.2. The Kier molecular flexibility index (Phi) is 3.31. The maximum atomic E-state index is 11.0. The number of carbonyl (C=O) groups is 1. The second-order valence-electron chi connectivity index (χ2n) is 4.55. The number of benzene rings is 2. The normalized spacial score (nSPS) is 10.7. The lowest BCUT2D eigenvalue weighted by Crippen LogP contribution is -1.97. The first kappa shape index (κ1) is 13.2. The van der Waals surface area contributed by atoms with Gasteiger partial charge in [0.25, 0.3) is 0 Å². The summed E-state index contributed by atoms with van der Waals surface area (Å²) in [6, 6.07) is 12.6. The quantitative estimate of drug-likeness (QED) is 0.798. The summed E-state index contributed by atoms with van der Waals surface area (Å²) < 4.78 is 7.40. The largest absolute Gasteiger partial charge is 0.494 e. The van der Waals surface area contributed by atoms with Crippen LogP contribution >= 0.6 is 0 Å². The average Bonchev–Trinajstić information content (AvgIpc) is 2.90. The zero-order valence-electron chi connectivity index (χ0n) is 11.5. The lowest BCUT2D eigenvalue weighted by Gasteiger charge is -2.08. The van der Waals surface area contributed by atoms with Crippen molar-refractivity contribution in [3.8, 4) is 11.4 Å². The van der Waals surface area contributed by atoms with Crippen LogP contribution in [0.3, 0.4) is 0 Å². The molecule has 0 saturated carbocycles. The molecule has 0 aliphatic heterocycles. The minimum Gasteiger partial charge on any atom is -0.494 e. The highest BCUT2D eigenvalue weighted by Gasteiger charge is 2.09. The second kappa shape index (κ2) is 5.28. The summed E-state index contributed by atoms with van der Waals surface area (Å²) in [7, 11) is 0. The van der Waals surface area contributed by atoms with Crippen molar-refractivity contribution in [1.82, 2.24) is 9.55 Å². The van der Waals surface area contributed by atoms with Crippen LogP contribution in [-0.4, -0.2) is 27.2 Å². The minimum absolute atomic E-state index is 0.232. The molecule has 5 nitrogen and oxygen atoms in total. The van der Waals surface area contributed by atoms with E-state index in [1.165, 1.54) is 0 Å². The van der Waals surface area contributed by atoms with E-state index in [4.69, 9.17) is 9.84 Å². The van der Waals surface area contributed by atoms with E-state index >= 15 is 0 Å². The van der Waals surface area contributed by atoms with Gasteiger partial charge in [-0.1, -0.05) is 6.07 Å². The third-order valence-electron chi connectivity index (χ3n) is 3.20. The second-order valence-corrected chi connectivity index (χ2v) is 4.55. The van der Waals surface area contributed by atoms with Crippen LogP contribution in [0.25, 0.3) is 16.7 Å². The minimum atomic E-state index is -0.954. The van der Waals surface area contributed by atoms with Crippen LogP contribution < -0.4 is 4.74 Å². The summed E-state index contributed by atoms with van der Waals surface area (Å²) in [6.45, 7) is 2.54. The summed E-state index contributed by atoms with van der Waals surface area (Å²) in [5.41, 5.74) is 2.66. The van der Waals surface area contributed by atoms with Gasteiger partial charge in [-0.15, -0.1) is 0 Å². The highest BCUT2D eigenvalue weighted by atomic mass is 16.5. The van der Waals surface area contributed by atoms with Crippen molar-refractivity contribution in [2.24, 2.45) is 0 Å². The van der Waals surface area contributed by atoms with Gasteiger partial charge >= 0.3 is 5.97 Å². The molecule has 0 aliphatic rings. The maximum absolute atomic E-state index is 11.0. The summed E-state index contributed by atoms with van der Waals surface area (Å²) in [5.74, 6) is -0.163. The number of carboxylic acid groups (broad SMARTS) is 1. The fraction of sp³-hybridized carbons (Fsp3) is 0.125. The van der Waals surface area contributed by atoms with Gasteiger partial charge in [0.05, 0.1) is 28.9 Å². The van der Waals surface area contributed by atoms with Gasteiger partial charge < -0.3 is 9.84 Å². The van der Waals surface area contributed by atoms with Gasteiger partial charge in [0.15, 0.2) is 0 Å². The fourth-order valence-electron chi connectivity index (χ4n) is 2.24. The zero-order valence-corrected chi connectivity index (χ0v) is 11.5. The molecule has 0 unspecified atom stereocenters. The van der Waals surface area contributed by atoms with Crippen LogP contribution in [0.4, 0.5) is 0 Å². The van der Waals surface area contributed by atoms with Crippen LogP contribution in [-0.2, 0) is 0 Å². The molecule has 1 heterocycles. The number of ether oxygens (including phenoxy) is 1. The first-order chi connectivity index (χ1) is 10.2. The number of aromatic carboxylic acids is 1. The van der Waals surface area contributed by atoms with Crippen LogP contribution in [0.5, 0.6) is 5.75 Å². The van der Waals surface area contributed by atoms with Crippen molar-refractivity contribution in [1.29, 1.82) is 0 Å². The molecule has 2 aromatic carbocycles. The first-order valence-corrected chi connectivity index (χ1v) is 6.62. The number of rotatable bonds is 4. The van der Waals surface area contributed by atoms with Crippen LogP contribution in [0.1, 0.15) is 17.3 Å². The van der Waals surface area contributed by atoms with Crippen LogP contribution in [0.2, 0.25) is 0 Å². The Morgan fingerprint density at radius 3 is 2.90 bits per heavy atom. The number of carboxylic acids is 1. The molecule has 0 fully saturated rings. The van der Waals surface area contributed by atoms with Gasteiger partial charge in [-0.3, -0.25) is 4.57 Å². The number of hydrogen-bond donors (Lipinski definition) is 1. The molecule has 0 radical (unpaired) electrons. The van der Waals surface area contributed by atoms with Gasteiger partial charge in [-0.05, 0) is 37.3 Å². The molecule has 1 N–H and O–H groups in total. The van der Waals surface area contributed by atoms with E-state index in [2.05, 4.69) is 4.98 Å². The number of imidazole rings is 1. The fourth-order valence-corrected chi connectivity index (χ4v) is 2.24. The summed E-state index contributed by atoms with van der Waals surface area (Å²) in [5, 5.41) is 9.01. The van der Waals surface area contributed by atoms with Crippen LogP contribution in [0, 0.1) is 0 Å². The smallest absolute Gasteiger partial charge is 0.335 e. The topological polar surface area (TPSA) is 64.4 Å². The Morgan fingerprint density at radius 2 is 2.14 bits per heavy atom. The number of nitrogens with zero attached hydrogens (tertiary/aromatic N) is 2. The van der Waals surface area contributed by atoms with Gasteiger partial charge in [0.1, 0.15) is 12.1 Å². The number of aromatic nitrogens is 2. The van der Waals surface area contributed by atoms with Gasteiger partial charge in [0.2, 0.25) is 0 Å². The van der Waals surface area contributed by atoms with Crippen molar-refractivity contribution in [2.45, 2.75) is 6.92 Å². The molecule has 106 valence electrons. The summed E-state index contributed by atoms with van der Waals surface area (Å²) in [6.07, 6.45) is 1.68. The molecule has 3 aromatic rings. The molecule has 0 saturated heterocycles. The molecular formula is C16H14N2O3. The van der Waals surface area contributed by atoms with Crippen molar-refractivity contribution in [3.63, 3.8) is 0 Å². The van der Waals surface area contributed by atoms with Gasteiger partial charge in [-0.25, -0.2) is 9.78 Å². The maximum Gasteiger partial charge on any atom is 0.335 e. The van der Waals surface area contributed by atoms with Gasteiger partial charge in [-0.2, -0.15) is 0 Å². The van der Waals surface area contributed by atoms with E-state index in [0.717, 1.165) is 17.0 Å². The molecule has 0 amide bonds. The molecule has 5 heteroatoms. The standard InChI is InChI=1S/C16H14N2O3/c1-2-21-13-5-3-4-12(9-13)18-10-17-14-8-11(16(19)20)6-7-15(14)18/h3-10H,2H2,1H3,(H,19,20).